The SMILES string of the molecule is CCCN(Cc1ccc(CO)cc1)C1CCC(N)CC1. The van der Waals surface area contributed by atoms with Gasteiger partial charge in [0.15, 0.2) is 0 Å². The van der Waals surface area contributed by atoms with Crippen LogP contribution in [0.2, 0.25) is 0 Å². The molecular formula is C17H28N2O. The number of benzene rings is 1. The minimum Gasteiger partial charge on any atom is -0.392 e. The summed E-state index contributed by atoms with van der Waals surface area (Å²) < 4.78 is 0. The van der Waals surface area contributed by atoms with Gasteiger partial charge in [0.2, 0.25) is 0 Å². The zero-order valence-corrected chi connectivity index (χ0v) is 12.6. The lowest BCUT2D eigenvalue weighted by Gasteiger charge is -2.36. The number of hydrogen-bond donors (Lipinski definition) is 2. The molecule has 0 radical (unpaired) electrons. The Morgan fingerprint density at radius 2 is 1.70 bits per heavy atom. The summed E-state index contributed by atoms with van der Waals surface area (Å²) in [4.78, 5) is 2.61. The van der Waals surface area contributed by atoms with Crippen LogP contribution in [0.4, 0.5) is 0 Å². The molecule has 1 aliphatic rings. The van der Waals surface area contributed by atoms with E-state index in [0.29, 0.717) is 12.1 Å². The van der Waals surface area contributed by atoms with E-state index in [1.165, 1.54) is 24.8 Å². The first-order valence-electron chi connectivity index (χ1n) is 7.91. The first-order chi connectivity index (χ1) is 9.72. The van der Waals surface area contributed by atoms with E-state index >= 15 is 0 Å². The molecule has 0 aliphatic heterocycles. The van der Waals surface area contributed by atoms with Gasteiger partial charge in [-0.15, -0.1) is 0 Å². The van der Waals surface area contributed by atoms with Crippen LogP contribution in [0.15, 0.2) is 24.3 Å². The van der Waals surface area contributed by atoms with Crippen molar-refractivity contribution in [3.8, 4) is 0 Å². The van der Waals surface area contributed by atoms with Crippen molar-refractivity contribution in [3.05, 3.63) is 35.4 Å². The van der Waals surface area contributed by atoms with Gasteiger partial charge >= 0.3 is 0 Å². The molecule has 112 valence electrons. The highest BCUT2D eigenvalue weighted by atomic mass is 16.3. The fraction of sp³-hybridized carbons (Fsp3) is 0.647. The van der Waals surface area contributed by atoms with Crippen LogP contribution < -0.4 is 5.73 Å². The monoisotopic (exact) mass is 276 g/mol. The second-order valence-electron chi connectivity index (χ2n) is 6.01. The molecule has 0 bridgehead atoms. The summed E-state index contributed by atoms with van der Waals surface area (Å²) in [7, 11) is 0. The van der Waals surface area contributed by atoms with Gasteiger partial charge in [-0.05, 0) is 49.8 Å². The normalized spacial score (nSPS) is 23.2. The molecule has 1 saturated carbocycles. The Hall–Kier alpha value is -0.900. The van der Waals surface area contributed by atoms with Crippen LogP contribution in [0.5, 0.6) is 0 Å². The Bertz CT molecular complexity index is 382. The molecule has 1 aliphatic carbocycles. The van der Waals surface area contributed by atoms with E-state index in [1.54, 1.807) is 0 Å². The van der Waals surface area contributed by atoms with Gasteiger partial charge in [-0.1, -0.05) is 31.2 Å². The molecule has 0 heterocycles. The van der Waals surface area contributed by atoms with Crippen LogP contribution in [0, 0.1) is 0 Å². The fourth-order valence-electron chi connectivity index (χ4n) is 3.13. The van der Waals surface area contributed by atoms with Crippen molar-refractivity contribution < 1.29 is 5.11 Å². The summed E-state index contributed by atoms with van der Waals surface area (Å²) in [6.07, 6.45) is 5.98. The van der Waals surface area contributed by atoms with E-state index in [1.807, 2.05) is 12.1 Å². The molecule has 3 N–H and O–H groups in total. The van der Waals surface area contributed by atoms with Gasteiger partial charge < -0.3 is 10.8 Å². The Morgan fingerprint density at radius 1 is 1.10 bits per heavy atom. The van der Waals surface area contributed by atoms with E-state index < -0.39 is 0 Å². The molecule has 3 heteroatoms. The number of aliphatic hydroxyl groups is 1. The lowest BCUT2D eigenvalue weighted by atomic mass is 9.90. The van der Waals surface area contributed by atoms with E-state index in [2.05, 4.69) is 24.0 Å². The predicted molar refractivity (Wildman–Crippen MR) is 83.3 cm³/mol. The van der Waals surface area contributed by atoms with E-state index in [0.717, 1.165) is 31.5 Å². The molecule has 2 rings (SSSR count). The van der Waals surface area contributed by atoms with Crippen LogP contribution in [0.25, 0.3) is 0 Å². The molecule has 1 aromatic rings. The second kappa shape index (κ2) is 7.77. The summed E-state index contributed by atoms with van der Waals surface area (Å²) in [5, 5.41) is 9.10. The van der Waals surface area contributed by atoms with Crippen LogP contribution in [0.3, 0.4) is 0 Å². The van der Waals surface area contributed by atoms with Gasteiger partial charge in [0.1, 0.15) is 0 Å². The smallest absolute Gasteiger partial charge is 0.0681 e. The van der Waals surface area contributed by atoms with Crippen molar-refractivity contribution >= 4 is 0 Å². The van der Waals surface area contributed by atoms with Gasteiger partial charge in [0.25, 0.3) is 0 Å². The van der Waals surface area contributed by atoms with Crippen molar-refractivity contribution in [2.24, 2.45) is 5.73 Å². The van der Waals surface area contributed by atoms with Gasteiger partial charge in [-0.3, -0.25) is 4.90 Å². The highest BCUT2D eigenvalue weighted by Gasteiger charge is 2.23. The Balaban J connectivity index is 1.97. The van der Waals surface area contributed by atoms with Crippen LogP contribution in [0.1, 0.15) is 50.2 Å². The van der Waals surface area contributed by atoms with Crippen molar-refractivity contribution in [1.82, 2.24) is 4.90 Å². The third kappa shape index (κ3) is 4.30. The minimum atomic E-state index is 0.124. The molecule has 0 unspecified atom stereocenters. The molecule has 0 spiro atoms. The van der Waals surface area contributed by atoms with Gasteiger partial charge in [-0.25, -0.2) is 0 Å². The number of rotatable bonds is 6. The number of nitrogens with two attached hydrogens (primary N) is 1. The molecule has 0 amide bonds. The first kappa shape index (κ1) is 15.5. The molecule has 20 heavy (non-hydrogen) atoms. The molecular weight excluding hydrogens is 248 g/mol. The van der Waals surface area contributed by atoms with Crippen LogP contribution in [-0.4, -0.2) is 28.6 Å². The number of aliphatic hydroxyl groups excluding tert-OH is 1. The summed E-state index contributed by atoms with van der Waals surface area (Å²) >= 11 is 0. The van der Waals surface area contributed by atoms with E-state index in [4.69, 9.17) is 10.8 Å². The molecule has 0 saturated heterocycles. The Kier molecular flexibility index (Phi) is 6.02. The standard InChI is InChI=1S/C17H28N2O/c1-2-11-19(17-9-7-16(18)8-10-17)12-14-3-5-15(13-20)6-4-14/h3-6,16-17,20H,2,7-13,18H2,1H3. The second-order valence-corrected chi connectivity index (χ2v) is 6.01. The predicted octanol–water partition coefficient (Wildman–Crippen LogP) is 2.66. The summed E-state index contributed by atoms with van der Waals surface area (Å²) in [5.41, 5.74) is 8.34. The highest BCUT2D eigenvalue weighted by Crippen LogP contribution is 2.24. The lowest BCUT2D eigenvalue weighted by molar-refractivity contribution is 0.142. The zero-order valence-electron chi connectivity index (χ0n) is 12.6. The van der Waals surface area contributed by atoms with Crippen molar-refractivity contribution in [2.75, 3.05) is 6.54 Å². The minimum absolute atomic E-state index is 0.124. The van der Waals surface area contributed by atoms with Crippen molar-refractivity contribution in [1.29, 1.82) is 0 Å². The average Bonchev–Trinajstić information content (AvgIpc) is 2.48. The molecule has 3 nitrogen and oxygen atoms in total. The number of nitrogens with zero attached hydrogens (tertiary/aromatic N) is 1. The fourth-order valence-corrected chi connectivity index (χ4v) is 3.13. The van der Waals surface area contributed by atoms with Crippen molar-refractivity contribution in [2.45, 2.75) is 64.3 Å². The first-order valence-corrected chi connectivity index (χ1v) is 7.91. The maximum Gasteiger partial charge on any atom is 0.0681 e. The highest BCUT2D eigenvalue weighted by molar-refractivity contribution is 5.22. The topological polar surface area (TPSA) is 49.5 Å². The maximum atomic E-state index is 9.10. The quantitative estimate of drug-likeness (QED) is 0.840. The third-order valence-corrected chi connectivity index (χ3v) is 4.36. The molecule has 0 aromatic heterocycles. The van der Waals surface area contributed by atoms with Gasteiger partial charge in [0.05, 0.1) is 6.61 Å². The zero-order chi connectivity index (χ0) is 14.4. The van der Waals surface area contributed by atoms with E-state index in [-0.39, 0.29) is 6.61 Å². The van der Waals surface area contributed by atoms with Gasteiger partial charge in [0, 0.05) is 18.6 Å². The Morgan fingerprint density at radius 3 is 2.25 bits per heavy atom. The average molecular weight is 276 g/mol. The Labute approximate surface area is 122 Å². The number of hydrogen-bond acceptors (Lipinski definition) is 3. The third-order valence-electron chi connectivity index (χ3n) is 4.36. The van der Waals surface area contributed by atoms with Crippen LogP contribution >= 0.6 is 0 Å². The largest absolute Gasteiger partial charge is 0.392 e. The van der Waals surface area contributed by atoms with Gasteiger partial charge in [-0.2, -0.15) is 0 Å². The molecule has 1 fully saturated rings. The van der Waals surface area contributed by atoms with E-state index in [9.17, 15) is 0 Å². The summed E-state index contributed by atoms with van der Waals surface area (Å²) in [5.74, 6) is 0. The lowest BCUT2D eigenvalue weighted by Crippen LogP contribution is -2.40. The summed E-state index contributed by atoms with van der Waals surface area (Å²) in [6, 6.07) is 9.43. The summed E-state index contributed by atoms with van der Waals surface area (Å²) in [6.45, 7) is 4.54. The maximum absolute atomic E-state index is 9.10. The molecule has 1 aromatic carbocycles. The van der Waals surface area contributed by atoms with Crippen LogP contribution in [-0.2, 0) is 13.2 Å². The van der Waals surface area contributed by atoms with Crippen molar-refractivity contribution in [3.63, 3.8) is 0 Å². The molecule has 0 atom stereocenters.